The first-order valence-corrected chi connectivity index (χ1v) is 14.2. The van der Waals surface area contributed by atoms with Crippen LogP contribution >= 0.6 is 11.3 Å². The van der Waals surface area contributed by atoms with Crippen LogP contribution in [0, 0.1) is 5.41 Å². The molecule has 2 aliphatic heterocycles. The molecule has 1 unspecified atom stereocenters. The average molecular weight is 575 g/mol. The number of hydrogen-bond donors (Lipinski definition) is 5. The number of aromatic nitrogens is 1. The Morgan fingerprint density at radius 3 is 2.63 bits per heavy atom. The van der Waals surface area contributed by atoms with Crippen molar-refractivity contribution in [2.24, 2.45) is 5.73 Å². The lowest BCUT2D eigenvalue weighted by atomic mass is 10.1. The Labute approximate surface area is 239 Å². The summed E-state index contributed by atoms with van der Waals surface area (Å²) in [6.45, 7) is 2.39. The topological polar surface area (TPSA) is 163 Å². The van der Waals surface area contributed by atoms with Gasteiger partial charge in [0, 0.05) is 49.6 Å². The molecule has 2 fully saturated rings. The molecule has 2 aliphatic rings. The number of nitrogen functional groups attached to an aromatic ring is 1. The first-order chi connectivity index (χ1) is 19.7. The molecule has 212 valence electrons. The maximum absolute atomic E-state index is 13.4. The van der Waals surface area contributed by atoms with E-state index in [1.165, 1.54) is 16.2 Å². The second-order valence-corrected chi connectivity index (χ2v) is 11.3. The minimum atomic E-state index is -1.05. The van der Waals surface area contributed by atoms with Crippen LogP contribution < -0.4 is 16.4 Å². The molecule has 2 saturated heterocycles. The van der Waals surface area contributed by atoms with E-state index in [0.29, 0.717) is 24.3 Å². The Morgan fingerprint density at radius 1 is 1.12 bits per heavy atom. The fourth-order valence-corrected chi connectivity index (χ4v) is 6.41. The molecule has 1 spiro atoms. The van der Waals surface area contributed by atoms with Crippen molar-refractivity contribution < 1.29 is 23.9 Å². The van der Waals surface area contributed by atoms with Gasteiger partial charge in [-0.05, 0) is 31.2 Å². The lowest BCUT2D eigenvalue weighted by Gasteiger charge is -2.25. The number of likely N-dealkylation sites (tertiary alicyclic amines) is 1. The van der Waals surface area contributed by atoms with Crippen LogP contribution in [0.1, 0.15) is 40.2 Å². The molecule has 6 rings (SSSR count). The summed E-state index contributed by atoms with van der Waals surface area (Å²) in [5.74, 6) is -2.25. The molecule has 4 heterocycles. The molecular formula is C29H30N6O5S. The number of nitrogens with two attached hydrogens (primary N) is 1. The van der Waals surface area contributed by atoms with Gasteiger partial charge in [0.05, 0.1) is 32.3 Å². The van der Waals surface area contributed by atoms with E-state index >= 15 is 0 Å². The molecule has 4 aromatic rings. The highest BCUT2D eigenvalue weighted by molar-refractivity contribution is 7.10. The highest BCUT2D eigenvalue weighted by atomic mass is 32.1. The lowest BCUT2D eigenvalue weighted by Crippen LogP contribution is -2.49. The number of amidine groups is 1. The molecular weight excluding hydrogens is 544 g/mol. The van der Waals surface area contributed by atoms with Crippen molar-refractivity contribution in [3.05, 3.63) is 69.9 Å². The maximum atomic E-state index is 13.4. The van der Waals surface area contributed by atoms with Gasteiger partial charge in [-0.2, -0.15) is 0 Å². The SMILES string of the molecule is C[C@@H](NC(=O)C1CC2(CN1C(=O)CNC(=O)c1ccc3c(c1)[nH]c1ccccc13)OCCO2)c1cc(C(=N)N)cs1. The number of thiophene rings is 1. The van der Waals surface area contributed by atoms with E-state index in [9.17, 15) is 14.4 Å². The zero-order valence-corrected chi connectivity index (χ0v) is 23.2. The highest BCUT2D eigenvalue weighted by Crippen LogP contribution is 2.35. The largest absolute Gasteiger partial charge is 0.384 e. The number of carbonyl (C=O) groups excluding carboxylic acids is 3. The lowest BCUT2D eigenvalue weighted by molar-refractivity contribution is -0.152. The number of nitrogens with one attached hydrogen (secondary N) is 4. The van der Waals surface area contributed by atoms with Crippen LogP contribution in [-0.2, 0) is 19.1 Å². The van der Waals surface area contributed by atoms with E-state index < -0.39 is 23.6 Å². The van der Waals surface area contributed by atoms with Crippen molar-refractivity contribution in [3.63, 3.8) is 0 Å². The summed E-state index contributed by atoms with van der Waals surface area (Å²) in [6.07, 6.45) is 0.186. The number of rotatable bonds is 7. The number of hydrogen-bond acceptors (Lipinski definition) is 7. The van der Waals surface area contributed by atoms with E-state index in [1.807, 2.05) is 37.3 Å². The number of aromatic amines is 1. The fourth-order valence-electron chi connectivity index (χ4n) is 5.50. The number of ether oxygens (including phenoxy) is 2. The number of para-hydroxylation sites is 1. The monoisotopic (exact) mass is 574 g/mol. The predicted molar refractivity (Wildman–Crippen MR) is 155 cm³/mol. The molecule has 0 aliphatic carbocycles. The van der Waals surface area contributed by atoms with Gasteiger partial charge in [0.2, 0.25) is 11.8 Å². The number of benzene rings is 2. The van der Waals surface area contributed by atoms with Crippen LogP contribution in [0.5, 0.6) is 0 Å². The Hall–Kier alpha value is -4.26. The van der Waals surface area contributed by atoms with Crippen molar-refractivity contribution >= 4 is 56.7 Å². The van der Waals surface area contributed by atoms with Gasteiger partial charge >= 0.3 is 0 Å². The van der Waals surface area contributed by atoms with Crippen LogP contribution in [0.2, 0.25) is 0 Å². The second-order valence-electron chi connectivity index (χ2n) is 10.3. The average Bonchev–Trinajstić information content (AvgIpc) is 3.77. The van der Waals surface area contributed by atoms with Crippen molar-refractivity contribution in [1.82, 2.24) is 20.5 Å². The van der Waals surface area contributed by atoms with E-state index in [-0.39, 0.29) is 37.3 Å². The minimum Gasteiger partial charge on any atom is -0.384 e. The number of carbonyl (C=O) groups is 3. The zero-order valence-electron chi connectivity index (χ0n) is 22.4. The van der Waals surface area contributed by atoms with Crippen molar-refractivity contribution in [2.45, 2.75) is 31.2 Å². The molecule has 0 bridgehead atoms. The van der Waals surface area contributed by atoms with Crippen LogP contribution in [-0.4, -0.2) is 71.6 Å². The molecule has 6 N–H and O–H groups in total. The van der Waals surface area contributed by atoms with Crippen LogP contribution in [0.25, 0.3) is 21.8 Å². The molecule has 2 atom stereocenters. The van der Waals surface area contributed by atoms with Crippen molar-refractivity contribution in [2.75, 3.05) is 26.3 Å². The van der Waals surface area contributed by atoms with Gasteiger partial charge in [-0.15, -0.1) is 11.3 Å². The fraction of sp³-hybridized carbons (Fsp3) is 0.310. The quantitative estimate of drug-likeness (QED) is 0.168. The molecule has 0 saturated carbocycles. The van der Waals surface area contributed by atoms with Gasteiger partial charge in [0.15, 0.2) is 5.79 Å². The molecule has 11 nitrogen and oxygen atoms in total. The number of amides is 3. The second kappa shape index (κ2) is 10.6. The summed E-state index contributed by atoms with van der Waals surface area (Å²) in [6, 6.07) is 13.9. The summed E-state index contributed by atoms with van der Waals surface area (Å²) < 4.78 is 11.6. The van der Waals surface area contributed by atoms with Gasteiger partial charge < -0.3 is 35.7 Å². The third kappa shape index (κ3) is 5.17. The normalized spacial score (nSPS) is 18.7. The standard InChI is InChI=1S/C29H30N6O5S/c1-16(24-11-18(14-41-24)26(30)31)33-28(38)23-12-29(39-8-9-40-29)15-35(23)25(36)13-32-27(37)17-6-7-20-19-4-2-3-5-21(19)34-22(20)10-17/h2-7,10-11,14,16,23,34H,8-9,12-13,15H2,1H3,(H3,30,31)(H,32,37)(H,33,38)/t16-,23?/m1/s1. The predicted octanol–water partition coefficient (Wildman–Crippen LogP) is 2.62. The number of H-pyrrole nitrogens is 1. The van der Waals surface area contributed by atoms with E-state index in [0.717, 1.165) is 26.7 Å². The van der Waals surface area contributed by atoms with Gasteiger partial charge in [0.1, 0.15) is 11.9 Å². The van der Waals surface area contributed by atoms with Gasteiger partial charge in [-0.1, -0.05) is 24.3 Å². The highest BCUT2D eigenvalue weighted by Gasteiger charge is 2.52. The molecule has 0 radical (unpaired) electrons. The molecule has 3 amide bonds. The summed E-state index contributed by atoms with van der Waals surface area (Å²) in [5.41, 5.74) is 8.39. The van der Waals surface area contributed by atoms with Gasteiger partial charge in [-0.3, -0.25) is 19.8 Å². The van der Waals surface area contributed by atoms with Crippen molar-refractivity contribution in [3.8, 4) is 0 Å². The van der Waals surface area contributed by atoms with Crippen LogP contribution in [0.15, 0.2) is 53.9 Å². The van der Waals surface area contributed by atoms with Gasteiger partial charge in [-0.25, -0.2) is 0 Å². The summed E-state index contributed by atoms with van der Waals surface area (Å²) >= 11 is 1.39. The molecule has 12 heteroatoms. The van der Waals surface area contributed by atoms with E-state index in [1.54, 1.807) is 23.6 Å². The first kappa shape index (κ1) is 26.9. The van der Waals surface area contributed by atoms with Crippen LogP contribution in [0.4, 0.5) is 0 Å². The van der Waals surface area contributed by atoms with Crippen LogP contribution in [0.3, 0.4) is 0 Å². The van der Waals surface area contributed by atoms with Crippen molar-refractivity contribution in [1.29, 1.82) is 5.41 Å². The number of fused-ring (bicyclic) bond motifs is 3. The Morgan fingerprint density at radius 2 is 1.88 bits per heavy atom. The molecule has 2 aromatic carbocycles. The van der Waals surface area contributed by atoms with Gasteiger partial charge in [0.25, 0.3) is 5.91 Å². The first-order valence-electron chi connectivity index (χ1n) is 13.3. The Balaban J connectivity index is 1.14. The third-order valence-electron chi connectivity index (χ3n) is 7.61. The third-order valence-corrected chi connectivity index (χ3v) is 8.73. The minimum absolute atomic E-state index is 0.0423. The smallest absolute Gasteiger partial charge is 0.251 e. The molecule has 41 heavy (non-hydrogen) atoms. The Kier molecular flexibility index (Phi) is 6.98. The zero-order chi connectivity index (χ0) is 28.7. The maximum Gasteiger partial charge on any atom is 0.251 e. The Bertz CT molecular complexity index is 1670. The number of nitrogens with zero attached hydrogens (tertiary/aromatic N) is 1. The van der Waals surface area contributed by atoms with E-state index in [2.05, 4.69) is 15.6 Å². The molecule has 2 aromatic heterocycles. The summed E-state index contributed by atoms with van der Waals surface area (Å²) in [5, 5.41) is 17.1. The summed E-state index contributed by atoms with van der Waals surface area (Å²) in [7, 11) is 0. The van der Waals surface area contributed by atoms with E-state index in [4.69, 9.17) is 20.6 Å². The summed E-state index contributed by atoms with van der Waals surface area (Å²) in [4.78, 5) is 45.4.